The van der Waals surface area contributed by atoms with E-state index in [0.29, 0.717) is 33.9 Å². The Hall–Kier alpha value is -3.57. The molecule has 3 aromatic carbocycles. The van der Waals surface area contributed by atoms with Crippen LogP contribution < -0.4 is 10.2 Å². The molecule has 0 fully saturated rings. The summed E-state index contributed by atoms with van der Waals surface area (Å²) >= 11 is 6.45. The summed E-state index contributed by atoms with van der Waals surface area (Å²) < 4.78 is 12.0. The summed E-state index contributed by atoms with van der Waals surface area (Å²) in [7, 11) is 0. The maximum Gasteiger partial charge on any atom is 0.291 e. The van der Waals surface area contributed by atoms with Gasteiger partial charge >= 0.3 is 0 Å². The van der Waals surface area contributed by atoms with Gasteiger partial charge in [-0.1, -0.05) is 48.9 Å². The van der Waals surface area contributed by atoms with E-state index < -0.39 is 6.04 Å². The second-order valence-corrected chi connectivity index (χ2v) is 9.36. The zero-order valence-electron chi connectivity index (χ0n) is 19.9. The van der Waals surface area contributed by atoms with E-state index in [2.05, 4.69) is 0 Å². The minimum absolute atomic E-state index is 0.0858. The maximum absolute atomic E-state index is 13.8. The van der Waals surface area contributed by atoms with Crippen LogP contribution in [0.3, 0.4) is 0 Å². The van der Waals surface area contributed by atoms with Gasteiger partial charge in [-0.15, -0.1) is 0 Å². The molecule has 1 aliphatic rings. The number of halogens is 1. The summed E-state index contributed by atoms with van der Waals surface area (Å²) in [6.45, 7) is 6.78. The SMILES string of the molecule is CCCOc1cccc(C2c3c(oc4cc(C)c(C)cc4c3=O)C(=O)N2Cc2ccccc2Cl)c1. The van der Waals surface area contributed by atoms with Crippen molar-refractivity contribution in [1.29, 1.82) is 0 Å². The first-order valence-corrected chi connectivity index (χ1v) is 12.1. The van der Waals surface area contributed by atoms with E-state index in [9.17, 15) is 9.59 Å². The fraction of sp³-hybridized carbons (Fsp3) is 0.241. The van der Waals surface area contributed by atoms with Gasteiger partial charge in [0, 0.05) is 11.6 Å². The minimum atomic E-state index is -0.624. The number of rotatable bonds is 6. The molecule has 1 aliphatic heterocycles. The molecule has 0 saturated carbocycles. The van der Waals surface area contributed by atoms with Crippen LogP contribution in [-0.4, -0.2) is 17.4 Å². The number of benzene rings is 3. The highest BCUT2D eigenvalue weighted by Gasteiger charge is 2.43. The first-order valence-electron chi connectivity index (χ1n) is 11.7. The Balaban J connectivity index is 1.71. The van der Waals surface area contributed by atoms with Gasteiger partial charge in [-0.05, 0) is 72.9 Å². The van der Waals surface area contributed by atoms with E-state index in [1.54, 1.807) is 11.0 Å². The van der Waals surface area contributed by atoms with Crippen molar-refractivity contribution in [3.8, 4) is 5.75 Å². The molecule has 5 nitrogen and oxygen atoms in total. The maximum atomic E-state index is 13.8. The Labute approximate surface area is 208 Å². The molecule has 0 aliphatic carbocycles. The number of hydrogen-bond donors (Lipinski definition) is 0. The lowest BCUT2D eigenvalue weighted by Gasteiger charge is -2.26. The van der Waals surface area contributed by atoms with Crippen LogP contribution in [0, 0.1) is 13.8 Å². The third-order valence-electron chi connectivity index (χ3n) is 6.53. The second-order valence-electron chi connectivity index (χ2n) is 8.95. The van der Waals surface area contributed by atoms with Crippen LogP contribution in [0.15, 0.2) is 69.9 Å². The normalized spacial score (nSPS) is 15.0. The smallest absolute Gasteiger partial charge is 0.291 e. The topological polar surface area (TPSA) is 59.8 Å². The van der Waals surface area contributed by atoms with Crippen LogP contribution in [0.2, 0.25) is 5.02 Å². The quantitative estimate of drug-likeness (QED) is 0.307. The molecule has 2 heterocycles. The number of ether oxygens (including phenoxy) is 1. The monoisotopic (exact) mass is 487 g/mol. The lowest BCUT2D eigenvalue weighted by atomic mass is 9.97. The summed E-state index contributed by atoms with van der Waals surface area (Å²) in [5, 5.41) is 1.04. The fourth-order valence-corrected chi connectivity index (χ4v) is 4.79. The van der Waals surface area contributed by atoms with Gasteiger partial charge in [0.25, 0.3) is 5.91 Å². The molecule has 1 aromatic heterocycles. The summed E-state index contributed by atoms with van der Waals surface area (Å²) in [6, 6.07) is 18.0. The zero-order chi connectivity index (χ0) is 24.7. The molecule has 0 N–H and O–H groups in total. The van der Waals surface area contributed by atoms with Gasteiger partial charge in [-0.25, -0.2) is 0 Å². The first kappa shape index (κ1) is 23.2. The van der Waals surface area contributed by atoms with Gasteiger partial charge in [0.05, 0.1) is 23.6 Å². The molecule has 0 bridgehead atoms. The molecule has 35 heavy (non-hydrogen) atoms. The summed E-state index contributed by atoms with van der Waals surface area (Å²) in [5.74, 6) is 0.448. The molecule has 1 amide bonds. The van der Waals surface area contributed by atoms with Crippen LogP contribution in [0.1, 0.15) is 57.8 Å². The third-order valence-corrected chi connectivity index (χ3v) is 6.90. The van der Waals surface area contributed by atoms with Gasteiger partial charge in [-0.2, -0.15) is 0 Å². The Bertz CT molecular complexity index is 1510. The van der Waals surface area contributed by atoms with Crippen molar-refractivity contribution in [3.05, 3.63) is 109 Å². The molecule has 0 radical (unpaired) electrons. The number of nitrogens with zero attached hydrogens (tertiary/aromatic N) is 1. The van der Waals surface area contributed by atoms with Crippen molar-refractivity contribution in [3.63, 3.8) is 0 Å². The van der Waals surface area contributed by atoms with Gasteiger partial charge in [0.1, 0.15) is 11.3 Å². The van der Waals surface area contributed by atoms with Crippen LogP contribution in [-0.2, 0) is 6.54 Å². The first-order chi connectivity index (χ1) is 16.9. The van der Waals surface area contributed by atoms with Crippen molar-refractivity contribution >= 4 is 28.5 Å². The van der Waals surface area contributed by atoms with Gasteiger partial charge in [-0.3, -0.25) is 9.59 Å². The van der Waals surface area contributed by atoms with E-state index in [0.717, 1.165) is 28.7 Å². The molecule has 4 aromatic rings. The van der Waals surface area contributed by atoms with E-state index >= 15 is 0 Å². The van der Waals surface area contributed by atoms with Crippen LogP contribution in [0.25, 0.3) is 11.0 Å². The average molecular weight is 488 g/mol. The van der Waals surface area contributed by atoms with Crippen molar-refractivity contribution < 1.29 is 13.9 Å². The van der Waals surface area contributed by atoms with E-state index in [1.807, 2.05) is 75.4 Å². The number of fused-ring (bicyclic) bond motifs is 2. The number of carbonyl (C=O) groups is 1. The predicted octanol–water partition coefficient (Wildman–Crippen LogP) is 6.60. The fourth-order valence-electron chi connectivity index (χ4n) is 4.59. The van der Waals surface area contributed by atoms with Gasteiger partial charge in [0.15, 0.2) is 5.43 Å². The Morgan fingerprint density at radius 2 is 1.77 bits per heavy atom. The van der Waals surface area contributed by atoms with Crippen LogP contribution in [0.4, 0.5) is 0 Å². The summed E-state index contributed by atoms with van der Waals surface area (Å²) in [6.07, 6.45) is 0.877. The standard InChI is InChI=1S/C29H26ClNO4/c1-4-12-34-21-10-7-9-19(15-21)26-25-27(32)22-13-17(2)18(3)14-24(22)35-28(25)29(33)31(26)16-20-8-5-6-11-23(20)30/h5-11,13-15,26H,4,12,16H2,1-3H3. The number of amides is 1. The van der Waals surface area contributed by atoms with E-state index in [-0.39, 0.29) is 23.6 Å². The third kappa shape index (κ3) is 4.10. The zero-order valence-corrected chi connectivity index (χ0v) is 20.7. The molecule has 178 valence electrons. The number of carbonyl (C=O) groups excluding carboxylic acids is 1. The average Bonchev–Trinajstić information content (AvgIpc) is 3.12. The molecule has 0 saturated heterocycles. The summed E-state index contributed by atoms with van der Waals surface area (Å²) in [4.78, 5) is 29.2. The minimum Gasteiger partial charge on any atom is -0.494 e. The number of aryl methyl sites for hydroxylation is 2. The number of hydrogen-bond acceptors (Lipinski definition) is 4. The molecule has 5 rings (SSSR count). The van der Waals surface area contributed by atoms with Gasteiger partial charge < -0.3 is 14.1 Å². The Kier molecular flexibility index (Phi) is 6.12. The predicted molar refractivity (Wildman–Crippen MR) is 137 cm³/mol. The molecule has 0 spiro atoms. The highest BCUT2D eigenvalue weighted by molar-refractivity contribution is 6.31. The van der Waals surface area contributed by atoms with Crippen LogP contribution in [0.5, 0.6) is 5.75 Å². The van der Waals surface area contributed by atoms with Crippen molar-refractivity contribution in [2.45, 2.75) is 39.8 Å². The highest BCUT2D eigenvalue weighted by Crippen LogP contribution is 2.40. The Morgan fingerprint density at radius 1 is 1.00 bits per heavy atom. The second kappa shape index (κ2) is 9.23. The molecule has 6 heteroatoms. The van der Waals surface area contributed by atoms with Crippen molar-refractivity contribution in [2.24, 2.45) is 0 Å². The van der Waals surface area contributed by atoms with Crippen molar-refractivity contribution in [1.82, 2.24) is 4.90 Å². The Morgan fingerprint density at radius 3 is 2.54 bits per heavy atom. The van der Waals surface area contributed by atoms with E-state index in [4.69, 9.17) is 20.8 Å². The molecule has 1 atom stereocenters. The van der Waals surface area contributed by atoms with Crippen LogP contribution >= 0.6 is 11.6 Å². The molecular formula is C29H26ClNO4. The highest BCUT2D eigenvalue weighted by atomic mass is 35.5. The lowest BCUT2D eigenvalue weighted by Crippen LogP contribution is -2.29. The lowest BCUT2D eigenvalue weighted by molar-refractivity contribution is 0.0714. The van der Waals surface area contributed by atoms with Crippen molar-refractivity contribution in [2.75, 3.05) is 6.61 Å². The summed E-state index contributed by atoms with van der Waals surface area (Å²) in [5.41, 5.74) is 4.15. The molecular weight excluding hydrogens is 462 g/mol. The largest absolute Gasteiger partial charge is 0.494 e. The molecule has 1 unspecified atom stereocenters. The van der Waals surface area contributed by atoms with Gasteiger partial charge in [0.2, 0.25) is 5.76 Å². The van der Waals surface area contributed by atoms with E-state index in [1.165, 1.54) is 0 Å².